The van der Waals surface area contributed by atoms with E-state index in [1.54, 1.807) is 18.2 Å². The Hall–Kier alpha value is -1.78. The molecule has 1 aliphatic heterocycles. The van der Waals surface area contributed by atoms with Crippen molar-refractivity contribution in [2.24, 2.45) is 0 Å². The Morgan fingerprint density at radius 2 is 1.47 bits per heavy atom. The summed E-state index contributed by atoms with van der Waals surface area (Å²) >= 11 is 11.9. The van der Waals surface area contributed by atoms with Gasteiger partial charge in [0.25, 0.3) is 0 Å². The number of anilines is 2. The molecule has 1 aliphatic rings. The lowest BCUT2D eigenvalue weighted by molar-refractivity contribution is 0.445. The molecule has 19 heavy (non-hydrogen) atoms. The highest BCUT2D eigenvalue weighted by atomic mass is 35.5. The summed E-state index contributed by atoms with van der Waals surface area (Å²) in [6, 6.07) is 7.90. The molecule has 0 fully saturated rings. The van der Waals surface area contributed by atoms with Gasteiger partial charge in [-0.1, -0.05) is 23.2 Å². The van der Waals surface area contributed by atoms with E-state index in [0.717, 1.165) is 11.4 Å². The van der Waals surface area contributed by atoms with E-state index < -0.39 is 0 Å². The number of halogens is 2. The number of nitrogens with one attached hydrogen (secondary N) is 2. The summed E-state index contributed by atoms with van der Waals surface area (Å²) in [5.74, 6) is 0.0258. The van der Waals surface area contributed by atoms with Gasteiger partial charge in [-0.05, 0) is 24.3 Å². The lowest BCUT2D eigenvalue weighted by Crippen LogP contribution is -2.12. The normalized spacial score (nSPS) is 13.8. The maximum Gasteiger partial charge on any atom is 0.127 e. The van der Waals surface area contributed by atoms with Crippen LogP contribution in [0.5, 0.6) is 11.5 Å². The van der Waals surface area contributed by atoms with Crippen LogP contribution in [0.2, 0.25) is 10.0 Å². The highest BCUT2D eigenvalue weighted by Crippen LogP contribution is 2.42. The number of phenolic OH excluding ortho intramolecular Hbond substituents is 2. The molecule has 0 atom stereocenters. The minimum absolute atomic E-state index is 0.00926. The molecule has 3 rings (SSSR count). The highest BCUT2D eigenvalue weighted by Gasteiger charge is 2.24. The molecule has 0 unspecified atom stereocenters. The van der Waals surface area contributed by atoms with Crippen LogP contribution >= 0.6 is 23.2 Å². The van der Waals surface area contributed by atoms with Gasteiger partial charge >= 0.3 is 0 Å². The molecule has 98 valence electrons. The predicted molar refractivity (Wildman–Crippen MR) is 76.2 cm³/mol. The maximum absolute atomic E-state index is 9.85. The lowest BCUT2D eigenvalue weighted by atomic mass is 10.1. The van der Waals surface area contributed by atoms with Crippen LogP contribution in [0, 0.1) is 0 Å². The second-order valence-electron chi connectivity index (χ2n) is 4.28. The van der Waals surface area contributed by atoms with Gasteiger partial charge in [-0.3, -0.25) is 0 Å². The van der Waals surface area contributed by atoms with Gasteiger partial charge in [0.05, 0.1) is 21.4 Å². The molecule has 0 amide bonds. The molecule has 0 saturated heterocycles. The van der Waals surface area contributed by atoms with Gasteiger partial charge in [0.15, 0.2) is 0 Å². The Balaban J connectivity index is 1.95. The van der Waals surface area contributed by atoms with Crippen LogP contribution in [-0.4, -0.2) is 10.2 Å². The molecule has 0 aliphatic carbocycles. The third-order valence-electron chi connectivity index (χ3n) is 2.99. The summed E-state index contributed by atoms with van der Waals surface area (Å²) < 4.78 is 0. The number of benzene rings is 2. The second kappa shape index (κ2) is 4.40. The molecule has 4 N–H and O–H groups in total. The monoisotopic (exact) mass is 296 g/mol. The molecule has 2 aromatic carbocycles. The van der Waals surface area contributed by atoms with Gasteiger partial charge in [-0.25, -0.2) is 0 Å². The Labute approximate surface area is 119 Å². The van der Waals surface area contributed by atoms with E-state index in [0.29, 0.717) is 15.6 Å². The summed E-state index contributed by atoms with van der Waals surface area (Å²) in [5, 5.41) is 26.4. The molecule has 2 aromatic rings. The van der Waals surface area contributed by atoms with Gasteiger partial charge in [0.1, 0.15) is 17.7 Å². The zero-order chi connectivity index (χ0) is 13.6. The molecule has 1 heterocycles. The first-order valence-corrected chi connectivity index (χ1v) is 6.34. The second-order valence-corrected chi connectivity index (χ2v) is 5.09. The topological polar surface area (TPSA) is 64.5 Å². The zero-order valence-electron chi connectivity index (χ0n) is 9.61. The van der Waals surface area contributed by atoms with Gasteiger partial charge in [0, 0.05) is 11.6 Å². The van der Waals surface area contributed by atoms with Crippen LogP contribution in [0.3, 0.4) is 0 Å². The summed E-state index contributed by atoms with van der Waals surface area (Å²) in [7, 11) is 0. The van der Waals surface area contributed by atoms with Crippen LogP contribution in [0.15, 0.2) is 30.3 Å². The minimum Gasteiger partial charge on any atom is -0.508 e. The van der Waals surface area contributed by atoms with Crippen molar-refractivity contribution < 1.29 is 10.2 Å². The van der Waals surface area contributed by atoms with E-state index in [1.807, 2.05) is 0 Å². The molecular formula is C13H10Cl2N2O2. The molecule has 0 saturated carbocycles. The fourth-order valence-corrected chi connectivity index (χ4v) is 2.39. The first-order valence-electron chi connectivity index (χ1n) is 5.58. The van der Waals surface area contributed by atoms with Crippen molar-refractivity contribution in [3.8, 4) is 11.5 Å². The van der Waals surface area contributed by atoms with Crippen molar-refractivity contribution in [2.75, 3.05) is 10.6 Å². The number of hydrogen-bond donors (Lipinski definition) is 4. The predicted octanol–water partition coefficient (Wildman–Crippen LogP) is 3.94. The van der Waals surface area contributed by atoms with E-state index in [1.165, 1.54) is 12.1 Å². The summed E-state index contributed by atoms with van der Waals surface area (Å²) in [6.45, 7) is 0. The Kier molecular flexibility index (Phi) is 2.84. The van der Waals surface area contributed by atoms with Crippen molar-refractivity contribution in [2.45, 2.75) is 6.17 Å². The highest BCUT2D eigenvalue weighted by molar-refractivity contribution is 6.42. The van der Waals surface area contributed by atoms with Gasteiger partial charge in [0.2, 0.25) is 0 Å². The molecule has 6 heteroatoms. The summed E-state index contributed by atoms with van der Waals surface area (Å²) in [5.41, 5.74) is 2.25. The Morgan fingerprint density at radius 1 is 0.895 bits per heavy atom. The van der Waals surface area contributed by atoms with Gasteiger partial charge in [-0.15, -0.1) is 0 Å². The summed E-state index contributed by atoms with van der Waals surface area (Å²) in [4.78, 5) is 0. The number of hydrogen-bond acceptors (Lipinski definition) is 4. The molecule has 0 radical (unpaired) electrons. The first kappa shape index (κ1) is 12.3. The van der Waals surface area contributed by atoms with Crippen LogP contribution < -0.4 is 10.6 Å². The fourth-order valence-electron chi connectivity index (χ4n) is 2.06. The van der Waals surface area contributed by atoms with Gasteiger partial charge in [-0.2, -0.15) is 0 Å². The van der Waals surface area contributed by atoms with Crippen LogP contribution in [0.25, 0.3) is 0 Å². The standard InChI is InChI=1S/C13H10Cl2N2O2/c14-8-4-10-11(5-9(8)15)17-13(16-10)7-2-1-6(18)3-12(7)19/h1-5,13,16-19H. The first-order chi connectivity index (χ1) is 9.04. The number of fused-ring (bicyclic) bond motifs is 1. The van der Waals surface area contributed by atoms with Crippen LogP contribution in [0.4, 0.5) is 11.4 Å². The van der Waals surface area contributed by atoms with Crippen LogP contribution in [-0.2, 0) is 0 Å². The smallest absolute Gasteiger partial charge is 0.127 e. The number of rotatable bonds is 1. The third kappa shape index (κ3) is 2.13. The van der Waals surface area contributed by atoms with E-state index >= 15 is 0 Å². The summed E-state index contributed by atoms with van der Waals surface area (Å²) in [6.07, 6.45) is -0.301. The molecule has 0 spiro atoms. The van der Waals surface area contributed by atoms with Crippen molar-refractivity contribution in [3.05, 3.63) is 45.9 Å². The molecular weight excluding hydrogens is 287 g/mol. The quantitative estimate of drug-likeness (QED) is 0.644. The zero-order valence-corrected chi connectivity index (χ0v) is 11.1. The van der Waals surface area contributed by atoms with E-state index in [-0.39, 0.29) is 17.7 Å². The van der Waals surface area contributed by atoms with Crippen LogP contribution in [0.1, 0.15) is 11.7 Å². The van der Waals surface area contributed by atoms with E-state index in [4.69, 9.17) is 23.2 Å². The fraction of sp³-hybridized carbons (Fsp3) is 0.0769. The Morgan fingerprint density at radius 3 is 2.00 bits per heavy atom. The van der Waals surface area contributed by atoms with Gasteiger partial charge < -0.3 is 20.8 Å². The van der Waals surface area contributed by atoms with E-state index in [9.17, 15) is 10.2 Å². The van der Waals surface area contributed by atoms with Crippen molar-refractivity contribution in [1.82, 2.24) is 0 Å². The van der Waals surface area contributed by atoms with Crippen molar-refractivity contribution >= 4 is 34.6 Å². The Bertz CT molecular complexity index is 630. The largest absolute Gasteiger partial charge is 0.508 e. The van der Waals surface area contributed by atoms with Crippen molar-refractivity contribution in [1.29, 1.82) is 0 Å². The molecule has 0 aromatic heterocycles. The molecule has 0 bridgehead atoms. The average molecular weight is 297 g/mol. The average Bonchev–Trinajstić information content (AvgIpc) is 2.72. The van der Waals surface area contributed by atoms with Crippen molar-refractivity contribution in [3.63, 3.8) is 0 Å². The number of aromatic hydroxyl groups is 2. The number of phenols is 2. The maximum atomic E-state index is 9.85. The third-order valence-corrected chi connectivity index (χ3v) is 3.71. The SMILES string of the molecule is Oc1ccc(C2Nc3cc(Cl)c(Cl)cc3N2)c(O)c1. The molecule has 4 nitrogen and oxygen atoms in total. The lowest BCUT2D eigenvalue weighted by Gasteiger charge is -2.14. The van der Waals surface area contributed by atoms with E-state index in [2.05, 4.69) is 10.6 Å². The minimum atomic E-state index is -0.301.